The summed E-state index contributed by atoms with van der Waals surface area (Å²) in [6.07, 6.45) is -2.36. The van der Waals surface area contributed by atoms with E-state index in [0.717, 1.165) is 0 Å². The van der Waals surface area contributed by atoms with Crippen LogP contribution in [0, 0.1) is 5.92 Å². The maximum Gasteiger partial charge on any atom is 0.408 e. The molecule has 7 heteroatoms. The number of aliphatic hydroxyl groups excluding tert-OH is 1. The van der Waals surface area contributed by atoms with Gasteiger partial charge in [-0.2, -0.15) is 0 Å². The summed E-state index contributed by atoms with van der Waals surface area (Å²) in [6, 6.07) is -0.910. The smallest absolute Gasteiger partial charge is 0.408 e. The number of halogens is 1. The molecule has 0 spiro atoms. The highest BCUT2D eigenvalue weighted by atomic mass is 19.1. The number of ether oxygens (including phenoxy) is 2. The van der Waals surface area contributed by atoms with Gasteiger partial charge in [0.15, 0.2) is 0 Å². The average Bonchev–Trinajstić information content (AvgIpc) is 2.64. The number of alkyl halides is 1. The van der Waals surface area contributed by atoms with Gasteiger partial charge in [-0.05, 0) is 46.0 Å². The van der Waals surface area contributed by atoms with Crippen molar-refractivity contribution in [3.8, 4) is 0 Å². The fourth-order valence-corrected chi connectivity index (χ4v) is 2.39. The highest BCUT2D eigenvalue weighted by Gasteiger charge is 2.36. The lowest BCUT2D eigenvalue weighted by Crippen LogP contribution is -2.44. The van der Waals surface area contributed by atoms with Gasteiger partial charge >= 0.3 is 12.1 Å². The van der Waals surface area contributed by atoms with Crippen molar-refractivity contribution in [2.24, 2.45) is 5.92 Å². The van der Waals surface area contributed by atoms with Gasteiger partial charge in [-0.1, -0.05) is 0 Å². The summed E-state index contributed by atoms with van der Waals surface area (Å²) in [7, 11) is 1.22. The van der Waals surface area contributed by atoms with Gasteiger partial charge in [0, 0.05) is 0 Å². The van der Waals surface area contributed by atoms with Crippen molar-refractivity contribution in [1.29, 1.82) is 0 Å². The Morgan fingerprint density at radius 2 is 2.00 bits per heavy atom. The summed E-state index contributed by atoms with van der Waals surface area (Å²) in [5, 5.41) is 11.8. The Kier molecular flexibility index (Phi) is 5.95. The molecule has 1 aliphatic carbocycles. The van der Waals surface area contributed by atoms with Gasteiger partial charge in [0.25, 0.3) is 0 Å². The zero-order valence-corrected chi connectivity index (χ0v) is 12.9. The van der Waals surface area contributed by atoms with Crippen molar-refractivity contribution < 1.29 is 28.6 Å². The number of carbonyl (C=O) groups is 2. The zero-order chi connectivity index (χ0) is 16.2. The number of aliphatic hydroxyl groups is 1. The summed E-state index contributed by atoms with van der Waals surface area (Å²) in [4.78, 5) is 23.4. The van der Waals surface area contributed by atoms with Crippen LogP contribution < -0.4 is 5.32 Å². The SMILES string of the molecule is COC(=O)[C@H](C[C@@H]1C[C@H](O)[C@@H](F)C1)NC(=O)OC(C)(C)C. The molecule has 0 bridgehead atoms. The second-order valence-corrected chi connectivity index (χ2v) is 6.38. The van der Waals surface area contributed by atoms with Crippen LogP contribution in [0.3, 0.4) is 0 Å². The predicted octanol–water partition coefficient (Wildman–Crippen LogP) is 1.55. The van der Waals surface area contributed by atoms with Crippen molar-refractivity contribution in [2.45, 2.75) is 64.0 Å². The standard InChI is InChI=1S/C14H24FNO5/c1-14(2,3)21-13(19)16-10(12(18)20-4)6-8-5-9(15)11(17)7-8/h8-11,17H,5-7H2,1-4H3,(H,16,19)/t8-,9+,10+,11+/m1/s1. The highest BCUT2D eigenvalue weighted by Crippen LogP contribution is 2.31. The molecule has 1 aliphatic rings. The number of hydrogen-bond donors (Lipinski definition) is 2. The van der Waals surface area contributed by atoms with Gasteiger partial charge in [-0.15, -0.1) is 0 Å². The lowest BCUT2D eigenvalue weighted by atomic mass is 9.98. The number of nitrogens with one attached hydrogen (secondary N) is 1. The first-order valence-corrected chi connectivity index (χ1v) is 7.02. The molecule has 2 N–H and O–H groups in total. The van der Waals surface area contributed by atoms with E-state index in [9.17, 15) is 19.1 Å². The van der Waals surface area contributed by atoms with Gasteiger partial charge < -0.3 is 19.9 Å². The minimum absolute atomic E-state index is 0.171. The van der Waals surface area contributed by atoms with E-state index < -0.39 is 36.0 Å². The molecule has 1 fully saturated rings. The minimum atomic E-state index is -1.28. The Bertz CT molecular complexity index is 372. The summed E-state index contributed by atoms with van der Waals surface area (Å²) in [5.74, 6) is -0.799. The van der Waals surface area contributed by atoms with E-state index in [4.69, 9.17) is 4.74 Å². The lowest BCUT2D eigenvalue weighted by molar-refractivity contribution is -0.143. The fraction of sp³-hybridized carbons (Fsp3) is 0.857. The van der Waals surface area contributed by atoms with Crippen LogP contribution in [0.4, 0.5) is 9.18 Å². The average molecular weight is 305 g/mol. The molecule has 0 aromatic rings. The van der Waals surface area contributed by atoms with Crippen LogP contribution in [0.25, 0.3) is 0 Å². The highest BCUT2D eigenvalue weighted by molar-refractivity contribution is 5.81. The third-order valence-electron chi connectivity index (χ3n) is 3.30. The first-order valence-electron chi connectivity index (χ1n) is 7.02. The molecule has 0 aliphatic heterocycles. The van der Waals surface area contributed by atoms with Gasteiger partial charge in [0.05, 0.1) is 13.2 Å². The molecule has 1 amide bonds. The Labute approximate surface area is 124 Å². The molecule has 21 heavy (non-hydrogen) atoms. The lowest BCUT2D eigenvalue weighted by Gasteiger charge is -2.23. The summed E-state index contributed by atoms with van der Waals surface area (Å²) < 4.78 is 23.0. The third kappa shape index (κ3) is 5.87. The summed E-state index contributed by atoms with van der Waals surface area (Å²) >= 11 is 0. The van der Waals surface area contributed by atoms with Crippen molar-refractivity contribution in [2.75, 3.05) is 7.11 Å². The van der Waals surface area contributed by atoms with Crippen LogP contribution in [0.15, 0.2) is 0 Å². The number of carbonyl (C=O) groups excluding carboxylic acids is 2. The zero-order valence-electron chi connectivity index (χ0n) is 12.9. The largest absolute Gasteiger partial charge is 0.467 e. The van der Waals surface area contributed by atoms with Gasteiger partial charge in [-0.3, -0.25) is 0 Å². The second kappa shape index (κ2) is 7.06. The normalized spacial score (nSPS) is 27.0. The van der Waals surface area contributed by atoms with E-state index in [-0.39, 0.29) is 25.2 Å². The molecular formula is C14H24FNO5. The van der Waals surface area contributed by atoms with Crippen LogP contribution >= 0.6 is 0 Å². The van der Waals surface area contributed by atoms with E-state index >= 15 is 0 Å². The maximum atomic E-state index is 13.3. The van der Waals surface area contributed by atoms with Crippen LogP contribution in [0.2, 0.25) is 0 Å². The van der Waals surface area contributed by atoms with Crippen molar-refractivity contribution >= 4 is 12.1 Å². The third-order valence-corrected chi connectivity index (χ3v) is 3.30. The second-order valence-electron chi connectivity index (χ2n) is 6.38. The number of alkyl carbamates (subject to hydrolysis) is 1. The first kappa shape index (κ1) is 17.7. The minimum Gasteiger partial charge on any atom is -0.467 e. The molecule has 0 unspecified atom stereocenters. The predicted molar refractivity (Wildman–Crippen MR) is 73.4 cm³/mol. The Balaban J connectivity index is 2.60. The Morgan fingerprint density at radius 1 is 1.38 bits per heavy atom. The Hall–Kier alpha value is -1.37. The van der Waals surface area contributed by atoms with Crippen molar-refractivity contribution in [3.63, 3.8) is 0 Å². The molecule has 0 saturated heterocycles. The molecular weight excluding hydrogens is 281 g/mol. The van der Waals surface area contributed by atoms with E-state index in [1.807, 2.05) is 0 Å². The van der Waals surface area contributed by atoms with E-state index in [2.05, 4.69) is 10.1 Å². The monoisotopic (exact) mass is 305 g/mol. The fourth-order valence-electron chi connectivity index (χ4n) is 2.39. The quantitative estimate of drug-likeness (QED) is 0.770. The van der Waals surface area contributed by atoms with Crippen molar-refractivity contribution in [1.82, 2.24) is 5.32 Å². The molecule has 0 aromatic heterocycles. The van der Waals surface area contributed by atoms with E-state index in [1.165, 1.54) is 7.11 Å². The number of methoxy groups -OCH3 is 1. The molecule has 0 aromatic carbocycles. The molecule has 0 heterocycles. The van der Waals surface area contributed by atoms with E-state index in [1.54, 1.807) is 20.8 Å². The first-order chi connectivity index (χ1) is 9.62. The topological polar surface area (TPSA) is 84.9 Å². The van der Waals surface area contributed by atoms with E-state index in [0.29, 0.717) is 0 Å². The maximum absolute atomic E-state index is 13.3. The molecule has 0 radical (unpaired) electrons. The van der Waals surface area contributed by atoms with Crippen molar-refractivity contribution in [3.05, 3.63) is 0 Å². The molecule has 6 nitrogen and oxygen atoms in total. The van der Waals surface area contributed by atoms with Crippen LogP contribution in [0.1, 0.15) is 40.0 Å². The van der Waals surface area contributed by atoms with Crippen LogP contribution in [0.5, 0.6) is 0 Å². The van der Waals surface area contributed by atoms with Crippen LogP contribution in [-0.2, 0) is 14.3 Å². The number of hydrogen-bond acceptors (Lipinski definition) is 5. The summed E-state index contributed by atoms with van der Waals surface area (Å²) in [5.41, 5.74) is -0.682. The molecule has 1 saturated carbocycles. The summed E-state index contributed by atoms with van der Waals surface area (Å²) in [6.45, 7) is 5.13. The number of rotatable bonds is 4. The number of esters is 1. The van der Waals surface area contributed by atoms with Gasteiger partial charge in [-0.25, -0.2) is 14.0 Å². The van der Waals surface area contributed by atoms with Gasteiger partial charge in [0.1, 0.15) is 17.8 Å². The van der Waals surface area contributed by atoms with Crippen LogP contribution in [-0.4, -0.2) is 48.2 Å². The molecule has 4 atom stereocenters. The van der Waals surface area contributed by atoms with Gasteiger partial charge in [0.2, 0.25) is 0 Å². The molecule has 122 valence electrons. The Morgan fingerprint density at radius 3 is 2.43 bits per heavy atom. The molecule has 1 rings (SSSR count). The number of amides is 1.